The maximum absolute atomic E-state index is 12.4. The topological polar surface area (TPSA) is 53.4 Å². The molecule has 0 N–H and O–H groups in total. The van der Waals surface area contributed by atoms with E-state index < -0.39 is 6.61 Å². The molecule has 0 aliphatic rings. The highest BCUT2D eigenvalue weighted by molar-refractivity contribution is 6.06. The molecule has 0 saturated carbocycles. The summed E-state index contributed by atoms with van der Waals surface area (Å²) in [7, 11) is 1.36. The monoisotopic (exact) mass is 370 g/mol. The predicted molar refractivity (Wildman–Crippen MR) is 96.6 cm³/mol. The van der Waals surface area contributed by atoms with Gasteiger partial charge < -0.3 is 14.0 Å². The standard InChI is InChI=1S/C20H16F2N2O3/c1-26-19-12-14(3-9-18(19)27-20(21)22)2-8-17(25)15-4-6-16(7-5-15)24-11-10-23-13-24/h2-13,20H,1H3/b8-2+. The van der Waals surface area contributed by atoms with Crippen LogP contribution in [0.2, 0.25) is 0 Å². The number of halogens is 2. The Hall–Kier alpha value is -3.48. The van der Waals surface area contributed by atoms with Crippen LogP contribution in [0.5, 0.6) is 11.5 Å². The Morgan fingerprint density at radius 1 is 1.15 bits per heavy atom. The molecule has 0 bridgehead atoms. The molecule has 0 unspecified atom stereocenters. The number of benzene rings is 2. The average Bonchev–Trinajstić information content (AvgIpc) is 3.21. The summed E-state index contributed by atoms with van der Waals surface area (Å²) >= 11 is 0. The third-order valence-corrected chi connectivity index (χ3v) is 3.79. The number of methoxy groups -OCH3 is 1. The molecule has 0 aliphatic carbocycles. The lowest BCUT2D eigenvalue weighted by Gasteiger charge is -2.10. The number of hydrogen-bond acceptors (Lipinski definition) is 4. The quantitative estimate of drug-likeness (QED) is 0.458. The summed E-state index contributed by atoms with van der Waals surface area (Å²) in [6.45, 7) is -2.94. The van der Waals surface area contributed by atoms with Crippen molar-refractivity contribution in [3.63, 3.8) is 0 Å². The normalized spacial score (nSPS) is 11.1. The molecule has 1 heterocycles. The van der Waals surface area contributed by atoms with Gasteiger partial charge in [0.1, 0.15) is 0 Å². The highest BCUT2D eigenvalue weighted by Crippen LogP contribution is 2.29. The molecule has 0 atom stereocenters. The Bertz CT molecular complexity index is 936. The van der Waals surface area contributed by atoms with Gasteiger partial charge in [0.2, 0.25) is 0 Å². The first kappa shape index (κ1) is 18.3. The number of carbonyl (C=O) groups is 1. The molecule has 5 nitrogen and oxygen atoms in total. The van der Waals surface area contributed by atoms with Crippen molar-refractivity contribution >= 4 is 11.9 Å². The number of ether oxygens (including phenoxy) is 2. The largest absolute Gasteiger partial charge is 0.493 e. The Labute approximate surface area is 154 Å². The minimum absolute atomic E-state index is 0.0638. The smallest absolute Gasteiger partial charge is 0.387 e. The van der Waals surface area contributed by atoms with Crippen LogP contribution < -0.4 is 9.47 Å². The molecule has 0 radical (unpaired) electrons. The predicted octanol–water partition coefficient (Wildman–Crippen LogP) is 4.38. The van der Waals surface area contributed by atoms with Crippen LogP contribution in [-0.2, 0) is 0 Å². The molecule has 0 saturated heterocycles. The van der Waals surface area contributed by atoms with Gasteiger partial charge in [-0.1, -0.05) is 12.1 Å². The molecule has 1 aromatic heterocycles. The molecule has 0 aliphatic heterocycles. The van der Waals surface area contributed by atoms with E-state index in [1.165, 1.54) is 25.3 Å². The van der Waals surface area contributed by atoms with Crippen LogP contribution in [0.4, 0.5) is 8.78 Å². The van der Waals surface area contributed by atoms with E-state index in [1.54, 1.807) is 36.8 Å². The number of imidazole rings is 1. The molecular weight excluding hydrogens is 354 g/mol. The second-order valence-electron chi connectivity index (χ2n) is 5.50. The number of ketones is 1. The average molecular weight is 370 g/mol. The second-order valence-corrected chi connectivity index (χ2v) is 5.50. The van der Waals surface area contributed by atoms with Crippen molar-refractivity contribution in [2.45, 2.75) is 6.61 Å². The number of aromatic nitrogens is 2. The van der Waals surface area contributed by atoms with E-state index in [2.05, 4.69) is 9.72 Å². The van der Waals surface area contributed by atoms with Crippen LogP contribution >= 0.6 is 0 Å². The van der Waals surface area contributed by atoms with Crippen LogP contribution in [0.3, 0.4) is 0 Å². The SMILES string of the molecule is COc1cc(/C=C/C(=O)c2ccc(-n3ccnc3)cc2)ccc1OC(F)F. The summed E-state index contributed by atoms with van der Waals surface area (Å²) in [6.07, 6.45) is 8.15. The molecular formula is C20H16F2N2O3. The maximum atomic E-state index is 12.4. The fourth-order valence-electron chi connectivity index (χ4n) is 2.46. The Morgan fingerprint density at radius 3 is 2.56 bits per heavy atom. The van der Waals surface area contributed by atoms with E-state index in [9.17, 15) is 13.6 Å². The summed E-state index contributed by atoms with van der Waals surface area (Å²) in [4.78, 5) is 16.3. The number of allylic oxidation sites excluding steroid dienone is 1. The maximum Gasteiger partial charge on any atom is 0.387 e. The lowest BCUT2D eigenvalue weighted by atomic mass is 10.1. The van der Waals surface area contributed by atoms with Crippen molar-refractivity contribution in [1.82, 2.24) is 9.55 Å². The number of nitrogens with zero attached hydrogens (tertiary/aromatic N) is 2. The fraction of sp³-hybridized carbons (Fsp3) is 0.100. The van der Waals surface area contributed by atoms with Crippen LogP contribution in [-0.4, -0.2) is 29.1 Å². The zero-order valence-electron chi connectivity index (χ0n) is 14.4. The Morgan fingerprint density at radius 2 is 1.93 bits per heavy atom. The van der Waals surface area contributed by atoms with Gasteiger partial charge in [-0.2, -0.15) is 8.78 Å². The minimum Gasteiger partial charge on any atom is -0.493 e. The van der Waals surface area contributed by atoms with Crippen LogP contribution in [0, 0.1) is 0 Å². The zero-order chi connectivity index (χ0) is 19.2. The van der Waals surface area contributed by atoms with E-state index in [-0.39, 0.29) is 17.3 Å². The van der Waals surface area contributed by atoms with Crippen LogP contribution in [0.25, 0.3) is 11.8 Å². The summed E-state index contributed by atoms with van der Waals surface area (Å²) in [5, 5.41) is 0. The molecule has 0 fully saturated rings. The molecule has 0 amide bonds. The van der Waals surface area contributed by atoms with Crippen molar-refractivity contribution in [1.29, 1.82) is 0 Å². The molecule has 7 heteroatoms. The fourth-order valence-corrected chi connectivity index (χ4v) is 2.46. The van der Waals surface area contributed by atoms with Gasteiger partial charge in [-0.05, 0) is 48.0 Å². The number of carbonyl (C=O) groups excluding carboxylic acids is 1. The Kier molecular flexibility index (Phi) is 5.61. The van der Waals surface area contributed by atoms with Gasteiger partial charge >= 0.3 is 6.61 Å². The van der Waals surface area contributed by atoms with Crippen molar-refractivity contribution in [3.05, 3.63) is 78.4 Å². The zero-order valence-corrected chi connectivity index (χ0v) is 14.4. The van der Waals surface area contributed by atoms with Crippen molar-refractivity contribution in [2.75, 3.05) is 7.11 Å². The number of hydrogen-bond donors (Lipinski definition) is 0. The third kappa shape index (κ3) is 4.58. The van der Waals surface area contributed by atoms with Gasteiger partial charge in [0, 0.05) is 23.6 Å². The Balaban J connectivity index is 1.72. The highest BCUT2D eigenvalue weighted by atomic mass is 19.3. The van der Waals surface area contributed by atoms with E-state index in [4.69, 9.17) is 4.74 Å². The van der Waals surface area contributed by atoms with E-state index >= 15 is 0 Å². The van der Waals surface area contributed by atoms with Gasteiger partial charge in [0.25, 0.3) is 0 Å². The molecule has 3 aromatic rings. The first-order valence-electron chi connectivity index (χ1n) is 8.00. The summed E-state index contributed by atoms with van der Waals surface area (Å²) in [5.74, 6) is -0.0836. The van der Waals surface area contributed by atoms with Gasteiger partial charge in [0.15, 0.2) is 17.3 Å². The lowest BCUT2D eigenvalue weighted by Crippen LogP contribution is -2.03. The molecule has 3 rings (SSSR count). The second kappa shape index (κ2) is 8.27. The molecule has 0 spiro atoms. The van der Waals surface area contributed by atoms with Gasteiger partial charge in [-0.25, -0.2) is 4.98 Å². The summed E-state index contributed by atoms with van der Waals surface area (Å²) in [6, 6.07) is 11.5. The van der Waals surface area contributed by atoms with Crippen molar-refractivity contribution in [3.8, 4) is 17.2 Å². The lowest BCUT2D eigenvalue weighted by molar-refractivity contribution is -0.0512. The highest BCUT2D eigenvalue weighted by Gasteiger charge is 2.10. The van der Waals surface area contributed by atoms with E-state index in [0.717, 1.165) is 5.69 Å². The molecule has 27 heavy (non-hydrogen) atoms. The van der Waals surface area contributed by atoms with E-state index in [1.807, 2.05) is 22.9 Å². The van der Waals surface area contributed by atoms with Gasteiger partial charge in [-0.15, -0.1) is 0 Å². The molecule has 2 aromatic carbocycles. The van der Waals surface area contributed by atoms with Gasteiger partial charge in [0.05, 0.1) is 13.4 Å². The van der Waals surface area contributed by atoms with Crippen molar-refractivity contribution in [2.24, 2.45) is 0 Å². The first-order chi connectivity index (χ1) is 13.1. The van der Waals surface area contributed by atoms with Crippen LogP contribution in [0.15, 0.2) is 67.3 Å². The number of rotatable bonds is 7. The number of alkyl halides is 2. The van der Waals surface area contributed by atoms with Gasteiger partial charge in [-0.3, -0.25) is 4.79 Å². The third-order valence-electron chi connectivity index (χ3n) is 3.79. The first-order valence-corrected chi connectivity index (χ1v) is 8.00. The van der Waals surface area contributed by atoms with Crippen molar-refractivity contribution < 1.29 is 23.0 Å². The summed E-state index contributed by atoms with van der Waals surface area (Å²) < 4.78 is 36.0. The molecule has 138 valence electrons. The van der Waals surface area contributed by atoms with Crippen LogP contribution in [0.1, 0.15) is 15.9 Å². The minimum atomic E-state index is -2.94. The summed E-state index contributed by atoms with van der Waals surface area (Å²) in [5.41, 5.74) is 2.05. The van der Waals surface area contributed by atoms with E-state index in [0.29, 0.717) is 11.1 Å².